The number of hydrogen-bond acceptors (Lipinski definition) is 4. The summed E-state index contributed by atoms with van der Waals surface area (Å²) in [5.41, 5.74) is 3.66. The Bertz CT molecular complexity index is 780. The maximum Gasteiger partial charge on any atom is 0.471 e. The number of hydroxylamine groups is 1. The predicted octanol–water partition coefficient (Wildman–Crippen LogP) is 2.86. The number of aryl methyl sites for hydroxylation is 1. The summed E-state index contributed by atoms with van der Waals surface area (Å²) in [6.07, 6.45) is -4.66. The van der Waals surface area contributed by atoms with Gasteiger partial charge in [0.1, 0.15) is 11.8 Å². The molecule has 0 aliphatic heterocycles. The lowest BCUT2D eigenvalue weighted by Gasteiger charge is -2.25. The standard InChI is InChI=1S/C18H18F3N3O3/c1-11-6-8-13(9-7-11)15(12(2)23-17(26)18(19,20)21)27-24-16(25)14-5-3-4-10-22-14/h3-10,12,15H,1-2H3,(H,23,26)(H,24,25)/t12-,15-/m0/s1. The summed E-state index contributed by atoms with van der Waals surface area (Å²) in [7, 11) is 0. The summed E-state index contributed by atoms with van der Waals surface area (Å²) in [5, 5.41) is 1.84. The first kappa shape index (κ1) is 20.4. The lowest BCUT2D eigenvalue weighted by molar-refractivity contribution is -0.175. The van der Waals surface area contributed by atoms with E-state index in [0.29, 0.717) is 5.56 Å². The second kappa shape index (κ2) is 8.63. The number of pyridine rings is 1. The van der Waals surface area contributed by atoms with E-state index in [4.69, 9.17) is 4.84 Å². The Morgan fingerprint density at radius 3 is 2.33 bits per heavy atom. The van der Waals surface area contributed by atoms with Gasteiger partial charge in [-0.05, 0) is 31.5 Å². The molecule has 1 aromatic carbocycles. The van der Waals surface area contributed by atoms with Crippen LogP contribution in [0.25, 0.3) is 0 Å². The first-order valence-electron chi connectivity index (χ1n) is 7.99. The fraction of sp³-hybridized carbons (Fsp3) is 0.278. The van der Waals surface area contributed by atoms with Crippen LogP contribution in [0.3, 0.4) is 0 Å². The molecule has 144 valence electrons. The topological polar surface area (TPSA) is 80.3 Å². The maximum absolute atomic E-state index is 12.5. The van der Waals surface area contributed by atoms with Crippen LogP contribution in [0, 0.1) is 6.92 Å². The van der Waals surface area contributed by atoms with E-state index in [1.807, 2.05) is 12.2 Å². The number of aromatic nitrogens is 1. The number of halogens is 3. The minimum atomic E-state index is -5.02. The normalized spacial score (nSPS) is 13.5. The molecule has 1 aromatic heterocycles. The summed E-state index contributed by atoms with van der Waals surface area (Å²) in [5.74, 6) is -2.76. The van der Waals surface area contributed by atoms with Crippen LogP contribution in [0.4, 0.5) is 13.2 Å². The molecule has 2 atom stereocenters. The monoisotopic (exact) mass is 381 g/mol. The molecule has 2 aromatic rings. The Morgan fingerprint density at radius 2 is 1.78 bits per heavy atom. The van der Waals surface area contributed by atoms with Gasteiger partial charge in [-0.15, -0.1) is 0 Å². The van der Waals surface area contributed by atoms with Gasteiger partial charge >= 0.3 is 12.1 Å². The summed E-state index contributed by atoms with van der Waals surface area (Å²) in [6.45, 7) is 3.19. The second-order valence-corrected chi connectivity index (χ2v) is 5.86. The largest absolute Gasteiger partial charge is 0.471 e. The third-order valence-electron chi connectivity index (χ3n) is 3.65. The van der Waals surface area contributed by atoms with Crippen molar-refractivity contribution in [2.75, 3.05) is 0 Å². The molecule has 0 bridgehead atoms. The molecule has 0 radical (unpaired) electrons. The van der Waals surface area contributed by atoms with Gasteiger partial charge in [-0.3, -0.25) is 19.4 Å². The molecule has 0 unspecified atom stereocenters. The average molecular weight is 381 g/mol. The fourth-order valence-corrected chi connectivity index (χ4v) is 2.25. The highest BCUT2D eigenvalue weighted by atomic mass is 19.4. The molecular weight excluding hydrogens is 363 g/mol. The second-order valence-electron chi connectivity index (χ2n) is 5.86. The molecule has 6 nitrogen and oxygen atoms in total. The quantitative estimate of drug-likeness (QED) is 0.754. The number of carbonyl (C=O) groups is 2. The molecule has 0 aliphatic carbocycles. The predicted molar refractivity (Wildman–Crippen MR) is 90.4 cm³/mol. The minimum Gasteiger partial charge on any atom is -0.343 e. The molecular formula is C18H18F3N3O3. The molecule has 2 amide bonds. The zero-order chi connectivity index (χ0) is 20.0. The lowest BCUT2D eigenvalue weighted by atomic mass is 10.0. The van der Waals surface area contributed by atoms with Crippen LogP contribution >= 0.6 is 0 Å². The van der Waals surface area contributed by atoms with Crippen LogP contribution in [0.2, 0.25) is 0 Å². The number of amides is 2. The Balaban J connectivity index is 2.15. The van der Waals surface area contributed by atoms with Crippen molar-refractivity contribution >= 4 is 11.8 Å². The Hall–Kier alpha value is -2.94. The van der Waals surface area contributed by atoms with Crippen molar-refractivity contribution in [3.63, 3.8) is 0 Å². The molecule has 27 heavy (non-hydrogen) atoms. The Labute approximate surface area is 153 Å². The van der Waals surface area contributed by atoms with Gasteiger partial charge in [-0.1, -0.05) is 35.9 Å². The number of benzene rings is 1. The molecule has 0 spiro atoms. The molecule has 9 heteroatoms. The maximum atomic E-state index is 12.5. The number of nitrogens with one attached hydrogen (secondary N) is 2. The van der Waals surface area contributed by atoms with Crippen LogP contribution in [-0.2, 0) is 9.63 Å². The van der Waals surface area contributed by atoms with Crippen molar-refractivity contribution in [1.29, 1.82) is 0 Å². The van der Waals surface area contributed by atoms with Crippen LogP contribution in [0.5, 0.6) is 0 Å². The van der Waals surface area contributed by atoms with Gasteiger partial charge in [0.2, 0.25) is 0 Å². The van der Waals surface area contributed by atoms with E-state index in [2.05, 4.69) is 10.5 Å². The van der Waals surface area contributed by atoms with E-state index in [1.54, 1.807) is 36.4 Å². The van der Waals surface area contributed by atoms with Crippen molar-refractivity contribution in [2.24, 2.45) is 0 Å². The van der Waals surface area contributed by atoms with Gasteiger partial charge in [0.05, 0.1) is 6.04 Å². The molecule has 1 heterocycles. The van der Waals surface area contributed by atoms with Crippen molar-refractivity contribution in [2.45, 2.75) is 32.2 Å². The fourth-order valence-electron chi connectivity index (χ4n) is 2.25. The summed E-state index contributed by atoms with van der Waals surface area (Å²) in [4.78, 5) is 32.5. The van der Waals surface area contributed by atoms with Crippen LogP contribution in [0.1, 0.15) is 34.6 Å². The van der Waals surface area contributed by atoms with Gasteiger partial charge < -0.3 is 5.32 Å². The van der Waals surface area contributed by atoms with E-state index < -0.39 is 30.1 Å². The Morgan fingerprint density at radius 1 is 1.11 bits per heavy atom. The summed E-state index contributed by atoms with van der Waals surface area (Å²) in [6, 6.07) is 10.4. The number of rotatable bonds is 6. The van der Waals surface area contributed by atoms with Crippen molar-refractivity contribution in [3.05, 3.63) is 65.5 Å². The number of nitrogens with zero attached hydrogens (tertiary/aromatic N) is 1. The first-order chi connectivity index (χ1) is 12.7. The zero-order valence-electron chi connectivity index (χ0n) is 14.6. The van der Waals surface area contributed by atoms with Gasteiger partial charge in [0.25, 0.3) is 5.91 Å². The highest BCUT2D eigenvalue weighted by Crippen LogP contribution is 2.23. The van der Waals surface area contributed by atoms with Crippen LogP contribution < -0.4 is 10.8 Å². The minimum absolute atomic E-state index is 0.0761. The smallest absolute Gasteiger partial charge is 0.343 e. The van der Waals surface area contributed by atoms with Crippen molar-refractivity contribution < 1.29 is 27.6 Å². The highest BCUT2D eigenvalue weighted by Gasteiger charge is 2.40. The van der Waals surface area contributed by atoms with Crippen molar-refractivity contribution in [1.82, 2.24) is 15.8 Å². The third kappa shape index (κ3) is 5.78. The van der Waals surface area contributed by atoms with Crippen LogP contribution in [-0.4, -0.2) is 29.0 Å². The Kier molecular flexibility index (Phi) is 6.51. The molecule has 0 saturated carbocycles. The van der Waals surface area contributed by atoms with E-state index in [1.165, 1.54) is 19.2 Å². The van der Waals surface area contributed by atoms with Gasteiger partial charge in [0.15, 0.2) is 0 Å². The average Bonchev–Trinajstić information content (AvgIpc) is 2.63. The SMILES string of the molecule is Cc1ccc([C@@H](ONC(=O)c2ccccn2)[C@H](C)NC(=O)C(F)(F)F)cc1. The van der Waals surface area contributed by atoms with E-state index in [0.717, 1.165) is 5.56 Å². The molecule has 0 aliphatic rings. The molecule has 0 fully saturated rings. The summed E-state index contributed by atoms with van der Waals surface area (Å²) < 4.78 is 37.6. The third-order valence-corrected chi connectivity index (χ3v) is 3.65. The van der Waals surface area contributed by atoms with E-state index in [9.17, 15) is 22.8 Å². The van der Waals surface area contributed by atoms with Gasteiger partial charge in [0, 0.05) is 6.20 Å². The highest BCUT2D eigenvalue weighted by molar-refractivity contribution is 5.91. The molecule has 2 rings (SSSR count). The lowest BCUT2D eigenvalue weighted by Crippen LogP contribution is -2.46. The zero-order valence-corrected chi connectivity index (χ0v) is 14.6. The first-order valence-corrected chi connectivity index (χ1v) is 7.99. The number of hydrogen-bond donors (Lipinski definition) is 2. The van der Waals surface area contributed by atoms with Crippen LogP contribution in [0.15, 0.2) is 48.7 Å². The van der Waals surface area contributed by atoms with Gasteiger partial charge in [-0.2, -0.15) is 13.2 Å². The number of alkyl halides is 3. The van der Waals surface area contributed by atoms with E-state index in [-0.39, 0.29) is 5.69 Å². The molecule has 2 N–H and O–H groups in total. The van der Waals surface area contributed by atoms with Gasteiger partial charge in [-0.25, -0.2) is 5.48 Å². The van der Waals surface area contributed by atoms with E-state index >= 15 is 0 Å². The molecule has 0 saturated heterocycles. The van der Waals surface area contributed by atoms with Crippen molar-refractivity contribution in [3.8, 4) is 0 Å². The number of carbonyl (C=O) groups excluding carboxylic acids is 2. The summed E-state index contributed by atoms with van der Waals surface area (Å²) >= 11 is 0.